The largest absolute Gasteiger partial charge is 0.471 e. The van der Waals surface area contributed by atoms with Gasteiger partial charge in [0.1, 0.15) is 12.8 Å². The Morgan fingerprint density at radius 3 is 2.94 bits per heavy atom. The third kappa shape index (κ3) is 2.36. The monoisotopic (exact) mass is 254 g/mol. The van der Waals surface area contributed by atoms with Gasteiger partial charge in [0.2, 0.25) is 11.6 Å². The Balaban J connectivity index is 1.94. The molecule has 18 heavy (non-hydrogen) atoms. The Labute approximate surface area is 100 Å². The van der Waals surface area contributed by atoms with Gasteiger partial charge in [-0.3, -0.25) is 0 Å². The second kappa shape index (κ2) is 4.69. The SMILES string of the molecule is Cc1nc([N+](=O)[O-])cn1CCOc1nonc1N. The molecule has 0 unspecified atom stereocenters. The number of hydrogen-bond acceptors (Lipinski definition) is 8. The van der Waals surface area contributed by atoms with Crippen LogP contribution in [0.4, 0.5) is 11.6 Å². The van der Waals surface area contributed by atoms with E-state index in [0.29, 0.717) is 12.4 Å². The van der Waals surface area contributed by atoms with Crippen molar-refractivity contribution in [2.45, 2.75) is 13.5 Å². The van der Waals surface area contributed by atoms with Gasteiger partial charge in [0.25, 0.3) is 5.88 Å². The fraction of sp³-hybridized carbons (Fsp3) is 0.375. The third-order valence-electron chi connectivity index (χ3n) is 2.20. The van der Waals surface area contributed by atoms with Crippen molar-refractivity contribution in [3.63, 3.8) is 0 Å². The van der Waals surface area contributed by atoms with Crippen molar-refractivity contribution < 1.29 is 14.3 Å². The summed E-state index contributed by atoms with van der Waals surface area (Å²) in [6, 6.07) is 0. The topological polar surface area (TPSA) is 135 Å². The minimum Gasteiger partial charge on any atom is -0.471 e. The molecule has 10 nitrogen and oxygen atoms in total. The molecule has 2 N–H and O–H groups in total. The van der Waals surface area contributed by atoms with E-state index < -0.39 is 4.92 Å². The van der Waals surface area contributed by atoms with Crippen molar-refractivity contribution in [1.82, 2.24) is 19.9 Å². The zero-order chi connectivity index (χ0) is 13.1. The maximum absolute atomic E-state index is 10.5. The van der Waals surface area contributed by atoms with Crippen LogP contribution in [-0.2, 0) is 6.54 Å². The van der Waals surface area contributed by atoms with E-state index in [1.54, 1.807) is 11.5 Å². The summed E-state index contributed by atoms with van der Waals surface area (Å²) in [4.78, 5) is 13.8. The van der Waals surface area contributed by atoms with Crippen molar-refractivity contribution in [3.05, 3.63) is 22.1 Å². The van der Waals surface area contributed by atoms with Crippen LogP contribution in [0.3, 0.4) is 0 Å². The van der Waals surface area contributed by atoms with E-state index in [1.165, 1.54) is 6.20 Å². The molecular weight excluding hydrogens is 244 g/mol. The van der Waals surface area contributed by atoms with E-state index in [0.717, 1.165) is 0 Å². The molecule has 96 valence electrons. The molecule has 0 bridgehead atoms. The molecule has 0 saturated heterocycles. The maximum atomic E-state index is 10.5. The van der Waals surface area contributed by atoms with E-state index in [2.05, 4.69) is 19.9 Å². The highest BCUT2D eigenvalue weighted by Crippen LogP contribution is 2.14. The first-order valence-electron chi connectivity index (χ1n) is 4.97. The summed E-state index contributed by atoms with van der Waals surface area (Å²) in [5.41, 5.74) is 5.39. The summed E-state index contributed by atoms with van der Waals surface area (Å²) in [5.74, 6) is 0.484. The minimum atomic E-state index is -0.552. The highest BCUT2D eigenvalue weighted by atomic mass is 16.6. The highest BCUT2D eigenvalue weighted by Gasteiger charge is 2.15. The zero-order valence-electron chi connectivity index (χ0n) is 9.44. The van der Waals surface area contributed by atoms with Crippen molar-refractivity contribution in [3.8, 4) is 5.88 Å². The Morgan fingerprint density at radius 2 is 2.39 bits per heavy atom. The number of anilines is 1. The van der Waals surface area contributed by atoms with Gasteiger partial charge in [-0.05, 0) is 20.2 Å². The van der Waals surface area contributed by atoms with Crippen LogP contribution >= 0.6 is 0 Å². The second-order valence-corrected chi connectivity index (χ2v) is 3.40. The lowest BCUT2D eigenvalue weighted by Crippen LogP contribution is -2.09. The molecule has 0 aliphatic heterocycles. The number of hydrogen-bond donors (Lipinski definition) is 1. The van der Waals surface area contributed by atoms with Crippen LogP contribution in [0.25, 0.3) is 0 Å². The van der Waals surface area contributed by atoms with Gasteiger partial charge in [-0.15, -0.1) is 0 Å². The Hall–Kier alpha value is -2.65. The minimum absolute atomic E-state index is 0.0586. The van der Waals surface area contributed by atoms with Crippen LogP contribution in [0, 0.1) is 17.0 Å². The Morgan fingerprint density at radius 1 is 1.61 bits per heavy atom. The number of nitrogens with zero attached hydrogens (tertiary/aromatic N) is 5. The van der Waals surface area contributed by atoms with Gasteiger partial charge in [0.05, 0.1) is 6.54 Å². The van der Waals surface area contributed by atoms with E-state index in [9.17, 15) is 10.1 Å². The Bertz CT molecular complexity index is 562. The average Bonchev–Trinajstić information content (AvgIpc) is 2.87. The molecule has 0 fully saturated rings. The summed E-state index contributed by atoms with van der Waals surface area (Å²) < 4.78 is 11.1. The van der Waals surface area contributed by atoms with Crippen molar-refractivity contribution in [2.24, 2.45) is 0 Å². The van der Waals surface area contributed by atoms with Crippen LogP contribution in [0.15, 0.2) is 10.8 Å². The zero-order valence-corrected chi connectivity index (χ0v) is 9.44. The fourth-order valence-electron chi connectivity index (χ4n) is 1.33. The normalized spacial score (nSPS) is 10.5. The first kappa shape index (κ1) is 11.8. The molecular formula is C8H10N6O4. The molecule has 2 aromatic heterocycles. The van der Waals surface area contributed by atoms with Gasteiger partial charge in [0, 0.05) is 6.92 Å². The molecule has 0 atom stereocenters. The van der Waals surface area contributed by atoms with Crippen molar-refractivity contribution in [1.29, 1.82) is 0 Å². The number of ether oxygens (including phenoxy) is 1. The van der Waals surface area contributed by atoms with Crippen LogP contribution in [0.5, 0.6) is 5.88 Å². The lowest BCUT2D eigenvalue weighted by atomic mass is 10.6. The molecule has 0 amide bonds. The van der Waals surface area contributed by atoms with Crippen molar-refractivity contribution >= 4 is 11.6 Å². The molecule has 0 radical (unpaired) electrons. The van der Waals surface area contributed by atoms with Gasteiger partial charge in [-0.25, -0.2) is 4.63 Å². The van der Waals surface area contributed by atoms with Gasteiger partial charge in [-0.1, -0.05) is 0 Å². The van der Waals surface area contributed by atoms with Crippen molar-refractivity contribution in [2.75, 3.05) is 12.3 Å². The molecule has 0 spiro atoms. The van der Waals surface area contributed by atoms with Crippen LogP contribution in [-0.4, -0.2) is 31.4 Å². The first-order valence-corrected chi connectivity index (χ1v) is 4.97. The number of imidazole rings is 1. The smallest absolute Gasteiger partial charge is 0.381 e. The standard InChI is InChI=1S/C8H10N6O4/c1-5-10-6(14(15)16)4-13(5)2-3-17-8-7(9)11-18-12-8/h4H,2-3H2,1H3,(H2,9,11). The summed E-state index contributed by atoms with van der Waals surface area (Å²) in [6.07, 6.45) is 1.34. The molecule has 10 heteroatoms. The number of rotatable bonds is 5. The second-order valence-electron chi connectivity index (χ2n) is 3.40. The maximum Gasteiger partial charge on any atom is 0.381 e. The quantitative estimate of drug-likeness (QED) is 0.588. The molecule has 2 rings (SSSR count). The third-order valence-corrected chi connectivity index (χ3v) is 2.20. The summed E-state index contributed by atoms with van der Waals surface area (Å²) in [6.45, 7) is 2.25. The summed E-state index contributed by atoms with van der Waals surface area (Å²) in [5, 5.41) is 17.3. The van der Waals surface area contributed by atoms with Gasteiger partial charge in [0.15, 0.2) is 0 Å². The van der Waals surface area contributed by atoms with Gasteiger partial charge < -0.3 is 25.2 Å². The molecule has 0 saturated carbocycles. The van der Waals surface area contributed by atoms with Crippen LogP contribution < -0.4 is 10.5 Å². The number of aromatic nitrogens is 4. The molecule has 0 aliphatic rings. The lowest BCUT2D eigenvalue weighted by molar-refractivity contribution is -0.389. The fourth-order valence-corrected chi connectivity index (χ4v) is 1.33. The van der Waals surface area contributed by atoms with Gasteiger partial charge in [-0.2, -0.15) is 0 Å². The predicted molar refractivity (Wildman–Crippen MR) is 57.8 cm³/mol. The number of nitrogen functional groups attached to an aromatic ring is 1. The summed E-state index contributed by atoms with van der Waals surface area (Å²) >= 11 is 0. The predicted octanol–water partition coefficient (Wildman–Crippen LogP) is 0.144. The molecule has 0 aromatic carbocycles. The molecule has 2 aromatic rings. The summed E-state index contributed by atoms with van der Waals surface area (Å²) in [7, 11) is 0. The highest BCUT2D eigenvalue weighted by molar-refractivity contribution is 5.36. The molecule has 0 aliphatic carbocycles. The first-order chi connectivity index (χ1) is 8.58. The van der Waals surface area contributed by atoms with E-state index in [4.69, 9.17) is 10.5 Å². The van der Waals surface area contributed by atoms with Crippen LogP contribution in [0.2, 0.25) is 0 Å². The number of aryl methyl sites for hydroxylation is 1. The average molecular weight is 254 g/mol. The van der Waals surface area contributed by atoms with E-state index in [1.807, 2.05) is 0 Å². The number of nitrogens with two attached hydrogens (primary N) is 1. The molecule has 2 heterocycles. The van der Waals surface area contributed by atoms with E-state index >= 15 is 0 Å². The Kier molecular flexibility index (Phi) is 3.08. The van der Waals surface area contributed by atoms with Gasteiger partial charge >= 0.3 is 5.82 Å². The van der Waals surface area contributed by atoms with Crippen LogP contribution in [0.1, 0.15) is 5.82 Å². The lowest BCUT2D eigenvalue weighted by Gasteiger charge is -2.03. The van der Waals surface area contributed by atoms with E-state index in [-0.39, 0.29) is 24.1 Å². The number of nitro groups is 1.